The molecule has 4 nitrogen and oxygen atoms in total. The zero-order valence-corrected chi connectivity index (χ0v) is 12.4. The zero-order valence-electron chi connectivity index (χ0n) is 12.4. The van der Waals surface area contributed by atoms with Crippen LogP contribution in [0.25, 0.3) is 16.7 Å². The number of benzene rings is 1. The van der Waals surface area contributed by atoms with Crippen molar-refractivity contribution >= 4 is 17.2 Å². The van der Waals surface area contributed by atoms with Gasteiger partial charge in [0.05, 0.1) is 16.8 Å². The summed E-state index contributed by atoms with van der Waals surface area (Å²) in [6.45, 7) is 6.12. The quantitative estimate of drug-likeness (QED) is 0.690. The Bertz CT molecular complexity index is 833. The number of aldehydes is 1. The lowest BCUT2D eigenvalue weighted by Crippen LogP contribution is -2.06. The fourth-order valence-corrected chi connectivity index (χ4v) is 2.77. The highest BCUT2D eigenvalue weighted by Crippen LogP contribution is 2.22. The van der Waals surface area contributed by atoms with E-state index in [1.165, 1.54) is 5.56 Å². The molecule has 2 aromatic heterocycles. The second kappa shape index (κ2) is 5.13. The van der Waals surface area contributed by atoms with Gasteiger partial charge in [0.15, 0.2) is 12.1 Å². The number of hydrogen-bond donors (Lipinski definition) is 0. The predicted molar refractivity (Wildman–Crippen MR) is 83.1 cm³/mol. The minimum absolute atomic E-state index is 0.557. The van der Waals surface area contributed by atoms with Gasteiger partial charge in [0.25, 0.3) is 0 Å². The lowest BCUT2D eigenvalue weighted by molar-refractivity contribution is 0.112. The van der Waals surface area contributed by atoms with Crippen molar-refractivity contribution in [3.8, 4) is 5.82 Å². The minimum atomic E-state index is 0.557. The van der Waals surface area contributed by atoms with Gasteiger partial charge in [0.2, 0.25) is 0 Å². The first-order valence-electron chi connectivity index (χ1n) is 7.06. The normalized spacial score (nSPS) is 11.0. The van der Waals surface area contributed by atoms with Gasteiger partial charge in [-0.15, -0.1) is 0 Å². The van der Waals surface area contributed by atoms with Gasteiger partial charge in [-0.2, -0.15) is 5.10 Å². The summed E-state index contributed by atoms with van der Waals surface area (Å²) < 4.78 is 1.78. The van der Waals surface area contributed by atoms with Crippen molar-refractivity contribution < 1.29 is 4.79 Å². The number of carbonyl (C=O) groups excluding carboxylic acids is 1. The zero-order chi connectivity index (χ0) is 15.0. The van der Waals surface area contributed by atoms with Crippen LogP contribution in [0.1, 0.15) is 34.2 Å². The van der Waals surface area contributed by atoms with Crippen molar-refractivity contribution in [3.63, 3.8) is 0 Å². The maximum absolute atomic E-state index is 11.4. The van der Waals surface area contributed by atoms with E-state index < -0.39 is 0 Å². The van der Waals surface area contributed by atoms with Crippen molar-refractivity contribution in [2.45, 2.75) is 27.2 Å². The first-order chi connectivity index (χ1) is 10.2. The van der Waals surface area contributed by atoms with Crippen LogP contribution in [0, 0.1) is 13.8 Å². The molecular weight excluding hydrogens is 262 g/mol. The lowest BCUT2D eigenvalue weighted by atomic mass is 10.1. The smallest absolute Gasteiger partial charge is 0.164 e. The minimum Gasteiger partial charge on any atom is -0.298 e. The molecule has 0 unspecified atom stereocenters. The molecule has 3 aromatic rings. The van der Waals surface area contributed by atoms with Crippen molar-refractivity contribution in [2.24, 2.45) is 0 Å². The fourth-order valence-electron chi connectivity index (χ4n) is 2.77. The molecule has 0 radical (unpaired) electrons. The number of nitrogens with zero attached hydrogens (tertiary/aromatic N) is 3. The summed E-state index contributed by atoms with van der Waals surface area (Å²) in [6, 6.07) is 9.65. The third-order valence-electron chi connectivity index (χ3n) is 3.85. The van der Waals surface area contributed by atoms with Gasteiger partial charge in [-0.3, -0.25) is 4.79 Å². The summed E-state index contributed by atoms with van der Waals surface area (Å²) in [5.41, 5.74) is 4.66. The summed E-state index contributed by atoms with van der Waals surface area (Å²) in [5.74, 6) is 0.601. The van der Waals surface area contributed by atoms with Gasteiger partial charge in [-0.1, -0.05) is 25.1 Å². The standard InChI is InChI=1S/C17H17N3O/c1-4-15-11(2)19-20(12(15)3)17-14(10-21)9-13-7-5-6-8-16(13)18-17/h5-10H,4H2,1-3H3. The molecule has 1 aromatic carbocycles. The Labute approximate surface area is 123 Å². The van der Waals surface area contributed by atoms with Crippen molar-refractivity contribution in [3.05, 3.63) is 52.8 Å². The average Bonchev–Trinajstić information content (AvgIpc) is 2.80. The Hall–Kier alpha value is -2.49. The van der Waals surface area contributed by atoms with E-state index in [-0.39, 0.29) is 0 Å². The highest BCUT2D eigenvalue weighted by atomic mass is 16.1. The molecule has 0 bridgehead atoms. The van der Waals surface area contributed by atoms with Crippen LogP contribution in [0.5, 0.6) is 0 Å². The molecule has 21 heavy (non-hydrogen) atoms. The molecule has 4 heteroatoms. The van der Waals surface area contributed by atoms with Crippen LogP contribution in [-0.4, -0.2) is 21.1 Å². The van der Waals surface area contributed by atoms with E-state index in [1.54, 1.807) is 4.68 Å². The molecule has 0 amide bonds. The number of pyridine rings is 1. The summed E-state index contributed by atoms with van der Waals surface area (Å²) in [6.07, 6.45) is 1.76. The van der Waals surface area contributed by atoms with E-state index in [0.717, 1.165) is 35.0 Å². The molecule has 0 fully saturated rings. The lowest BCUT2D eigenvalue weighted by Gasteiger charge is -2.08. The van der Waals surface area contributed by atoms with Crippen LogP contribution >= 0.6 is 0 Å². The largest absolute Gasteiger partial charge is 0.298 e. The highest BCUT2D eigenvalue weighted by molar-refractivity contribution is 5.89. The molecule has 0 saturated carbocycles. The van der Waals surface area contributed by atoms with Crippen LogP contribution in [0.15, 0.2) is 30.3 Å². The van der Waals surface area contributed by atoms with Gasteiger partial charge in [-0.05, 0) is 38.0 Å². The molecule has 0 aliphatic rings. The van der Waals surface area contributed by atoms with Gasteiger partial charge >= 0.3 is 0 Å². The number of para-hydroxylation sites is 1. The predicted octanol–water partition coefficient (Wildman–Crippen LogP) is 3.41. The van der Waals surface area contributed by atoms with Gasteiger partial charge in [0, 0.05) is 11.1 Å². The molecule has 0 aliphatic carbocycles. The summed E-state index contributed by atoms with van der Waals surface area (Å²) in [4.78, 5) is 16.1. The van der Waals surface area contributed by atoms with E-state index in [4.69, 9.17) is 0 Å². The summed E-state index contributed by atoms with van der Waals surface area (Å²) >= 11 is 0. The summed E-state index contributed by atoms with van der Waals surface area (Å²) in [7, 11) is 0. The Morgan fingerprint density at radius 2 is 2.00 bits per heavy atom. The van der Waals surface area contributed by atoms with E-state index in [1.807, 2.05) is 44.2 Å². The highest BCUT2D eigenvalue weighted by Gasteiger charge is 2.15. The number of carbonyl (C=O) groups is 1. The molecule has 2 heterocycles. The van der Waals surface area contributed by atoms with Crippen molar-refractivity contribution in [2.75, 3.05) is 0 Å². The maximum Gasteiger partial charge on any atom is 0.164 e. The number of hydrogen-bond acceptors (Lipinski definition) is 3. The SMILES string of the molecule is CCc1c(C)nn(-c2nc3ccccc3cc2C=O)c1C. The van der Waals surface area contributed by atoms with Gasteiger partial charge < -0.3 is 0 Å². The number of aromatic nitrogens is 3. The van der Waals surface area contributed by atoms with E-state index >= 15 is 0 Å². The van der Waals surface area contributed by atoms with Crippen molar-refractivity contribution in [1.82, 2.24) is 14.8 Å². The molecular formula is C17H17N3O. The Morgan fingerprint density at radius 1 is 1.24 bits per heavy atom. The Morgan fingerprint density at radius 3 is 2.67 bits per heavy atom. The fraction of sp³-hybridized carbons (Fsp3) is 0.235. The van der Waals surface area contributed by atoms with Crippen LogP contribution in [0.4, 0.5) is 0 Å². The molecule has 3 rings (SSSR count). The summed E-state index contributed by atoms with van der Waals surface area (Å²) in [5, 5.41) is 5.52. The van der Waals surface area contributed by atoms with Crippen LogP contribution in [0.2, 0.25) is 0 Å². The average molecular weight is 279 g/mol. The third kappa shape index (κ3) is 2.13. The Kier molecular flexibility index (Phi) is 3.29. The monoisotopic (exact) mass is 279 g/mol. The molecule has 106 valence electrons. The van der Waals surface area contributed by atoms with E-state index in [0.29, 0.717) is 11.4 Å². The number of rotatable bonds is 3. The van der Waals surface area contributed by atoms with E-state index in [2.05, 4.69) is 17.0 Å². The second-order valence-electron chi connectivity index (χ2n) is 5.13. The molecule has 0 spiro atoms. The van der Waals surface area contributed by atoms with Crippen molar-refractivity contribution in [1.29, 1.82) is 0 Å². The molecule has 0 aliphatic heterocycles. The Balaban J connectivity index is 2.31. The van der Waals surface area contributed by atoms with Crippen LogP contribution in [-0.2, 0) is 6.42 Å². The topological polar surface area (TPSA) is 47.8 Å². The van der Waals surface area contributed by atoms with E-state index in [9.17, 15) is 4.79 Å². The van der Waals surface area contributed by atoms with Gasteiger partial charge in [0.1, 0.15) is 0 Å². The first-order valence-corrected chi connectivity index (χ1v) is 7.06. The van der Waals surface area contributed by atoms with Crippen LogP contribution < -0.4 is 0 Å². The molecule has 0 atom stereocenters. The number of fused-ring (bicyclic) bond motifs is 1. The third-order valence-corrected chi connectivity index (χ3v) is 3.85. The number of aryl methyl sites for hydroxylation is 1. The molecule has 0 saturated heterocycles. The second-order valence-corrected chi connectivity index (χ2v) is 5.13. The van der Waals surface area contributed by atoms with Crippen LogP contribution in [0.3, 0.4) is 0 Å². The maximum atomic E-state index is 11.4. The first kappa shape index (κ1) is 13.5. The van der Waals surface area contributed by atoms with Gasteiger partial charge in [-0.25, -0.2) is 9.67 Å². The molecule has 0 N–H and O–H groups in total.